The van der Waals surface area contributed by atoms with Crippen molar-refractivity contribution in [1.29, 1.82) is 0 Å². The van der Waals surface area contributed by atoms with Crippen LogP contribution in [-0.2, 0) is 14.3 Å². The highest BCUT2D eigenvalue weighted by molar-refractivity contribution is 5.93. The topological polar surface area (TPSA) is 64.6 Å². The highest BCUT2D eigenvalue weighted by atomic mass is 16.6. The first-order chi connectivity index (χ1) is 9.23. The van der Waals surface area contributed by atoms with E-state index < -0.39 is 17.3 Å². The zero-order chi connectivity index (χ0) is 15.0. The number of esters is 1. The molecule has 0 saturated heterocycles. The van der Waals surface area contributed by atoms with Gasteiger partial charge in [0.25, 0.3) is 0 Å². The van der Waals surface area contributed by atoms with Crippen LogP contribution in [0.5, 0.6) is 0 Å². The van der Waals surface area contributed by atoms with Gasteiger partial charge < -0.3 is 9.47 Å². The van der Waals surface area contributed by atoms with Gasteiger partial charge in [-0.25, -0.2) is 9.59 Å². The molecule has 0 radical (unpaired) electrons. The van der Waals surface area contributed by atoms with Crippen molar-refractivity contribution in [2.45, 2.75) is 71.0 Å². The van der Waals surface area contributed by atoms with Gasteiger partial charge in [0.05, 0.1) is 11.3 Å². The summed E-state index contributed by atoms with van der Waals surface area (Å²) in [7, 11) is 0. The summed E-state index contributed by atoms with van der Waals surface area (Å²) in [4.78, 5) is 23.8. The molecular formula is C15H23NO4. The first kappa shape index (κ1) is 14.9. The van der Waals surface area contributed by atoms with Crippen LogP contribution in [0, 0.1) is 0 Å². The Balaban J connectivity index is 2.18. The molecule has 0 aromatic rings. The minimum absolute atomic E-state index is 0.335. The second kappa shape index (κ2) is 5.11. The van der Waals surface area contributed by atoms with Crippen molar-refractivity contribution in [3.63, 3.8) is 0 Å². The first-order valence-electron chi connectivity index (χ1n) is 7.18. The van der Waals surface area contributed by atoms with E-state index in [9.17, 15) is 9.59 Å². The van der Waals surface area contributed by atoms with Crippen molar-refractivity contribution in [3.8, 4) is 0 Å². The fourth-order valence-electron chi connectivity index (χ4n) is 2.84. The van der Waals surface area contributed by atoms with Crippen LogP contribution >= 0.6 is 0 Å². The Kier molecular flexibility index (Phi) is 3.80. The van der Waals surface area contributed by atoms with E-state index in [1.54, 1.807) is 27.7 Å². The van der Waals surface area contributed by atoms with Crippen molar-refractivity contribution < 1.29 is 19.1 Å². The van der Waals surface area contributed by atoms with E-state index in [1.165, 1.54) is 0 Å². The lowest BCUT2D eigenvalue weighted by Crippen LogP contribution is -2.43. The third-order valence-electron chi connectivity index (χ3n) is 3.71. The van der Waals surface area contributed by atoms with Crippen molar-refractivity contribution in [1.82, 2.24) is 5.32 Å². The highest BCUT2D eigenvalue weighted by Gasteiger charge is 2.47. The molecule has 2 rings (SSSR count). The zero-order valence-corrected chi connectivity index (χ0v) is 12.7. The number of ether oxygens (including phenoxy) is 2. The molecule has 1 saturated carbocycles. The van der Waals surface area contributed by atoms with Crippen LogP contribution in [-0.4, -0.2) is 23.3 Å². The largest absolute Gasteiger partial charge is 0.449 e. The number of amides is 1. The minimum atomic E-state index is -0.643. The van der Waals surface area contributed by atoms with Crippen LogP contribution in [0.15, 0.2) is 11.3 Å². The van der Waals surface area contributed by atoms with Gasteiger partial charge in [0.1, 0.15) is 5.60 Å². The number of alkyl carbamates (subject to hydrolysis) is 1. The average Bonchev–Trinajstić information content (AvgIpc) is 2.53. The summed E-state index contributed by atoms with van der Waals surface area (Å²) in [6, 6.07) is 0. The predicted molar refractivity (Wildman–Crippen MR) is 74.0 cm³/mol. The summed E-state index contributed by atoms with van der Waals surface area (Å²) < 4.78 is 10.8. The van der Waals surface area contributed by atoms with E-state index in [2.05, 4.69) is 5.32 Å². The molecule has 0 aromatic carbocycles. The Morgan fingerprint density at radius 3 is 2.40 bits per heavy atom. The van der Waals surface area contributed by atoms with Gasteiger partial charge in [-0.05, 0) is 53.4 Å². The third kappa shape index (κ3) is 2.97. The van der Waals surface area contributed by atoms with E-state index in [0.29, 0.717) is 11.3 Å². The molecule has 5 heteroatoms. The summed E-state index contributed by atoms with van der Waals surface area (Å²) in [5, 5.41) is 2.75. The normalized spacial score (nSPS) is 21.9. The van der Waals surface area contributed by atoms with Crippen LogP contribution in [0.3, 0.4) is 0 Å². The molecule has 112 valence electrons. The molecule has 0 aromatic heterocycles. The Bertz CT molecular complexity index is 453. The molecule has 0 unspecified atom stereocenters. The number of rotatable bonds is 1. The Labute approximate surface area is 119 Å². The summed E-state index contributed by atoms with van der Waals surface area (Å²) in [5.41, 5.74) is -0.132. The van der Waals surface area contributed by atoms with Crippen LogP contribution in [0.2, 0.25) is 0 Å². The molecule has 2 aliphatic rings. The number of carbonyl (C=O) groups excluding carboxylic acids is 2. The lowest BCUT2D eigenvalue weighted by Gasteiger charge is -2.34. The fraction of sp³-hybridized carbons (Fsp3) is 0.733. The number of nitrogens with one attached hydrogen (secondary N) is 1. The van der Waals surface area contributed by atoms with Gasteiger partial charge in [0, 0.05) is 0 Å². The second-order valence-electron chi connectivity index (χ2n) is 6.57. The van der Waals surface area contributed by atoms with Crippen molar-refractivity contribution in [2.24, 2.45) is 0 Å². The van der Waals surface area contributed by atoms with E-state index in [4.69, 9.17) is 9.47 Å². The van der Waals surface area contributed by atoms with E-state index in [1.807, 2.05) is 0 Å². The number of hydrogen-bond acceptors (Lipinski definition) is 4. The molecular weight excluding hydrogens is 258 g/mol. The fourth-order valence-corrected chi connectivity index (χ4v) is 2.84. The maximum Gasteiger partial charge on any atom is 0.412 e. The van der Waals surface area contributed by atoms with Gasteiger partial charge in [-0.2, -0.15) is 0 Å². The summed E-state index contributed by atoms with van der Waals surface area (Å²) in [6.45, 7) is 7.11. The smallest absolute Gasteiger partial charge is 0.412 e. The van der Waals surface area contributed by atoms with Gasteiger partial charge in [0.15, 0.2) is 5.60 Å². The van der Waals surface area contributed by atoms with Crippen molar-refractivity contribution in [2.75, 3.05) is 0 Å². The SMILES string of the molecule is CC1=C(NC(=O)OC(C)(C)C)C2(CCCCC2)OC1=O. The molecule has 20 heavy (non-hydrogen) atoms. The summed E-state index contributed by atoms with van der Waals surface area (Å²) in [5.74, 6) is -0.335. The molecule has 1 fully saturated rings. The standard InChI is InChI=1S/C15H23NO4/c1-10-11(16-13(18)20-14(2,3)4)15(19-12(10)17)8-6-5-7-9-15/h5-9H2,1-4H3,(H,16,18). The molecule has 1 amide bonds. The van der Waals surface area contributed by atoms with Crippen LogP contribution in [0.25, 0.3) is 0 Å². The minimum Gasteiger partial charge on any atom is -0.449 e. The molecule has 1 aliphatic carbocycles. The van der Waals surface area contributed by atoms with Crippen LogP contribution in [0.1, 0.15) is 59.8 Å². The van der Waals surface area contributed by atoms with Gasteiger partial charge in [-0.1, -0.05) is 6.42 Å². The average molecular weight is 281 g/mol. The van der Waals surface area contributed by atoms with E-state index in [-0.39, 0.29) is 5.97 Å². The van der Waals surface area contributed by atoms with Gasteiger partial charge in [-0.15, -0.1) is 0 Å². The van der Waals surface area contributed by atoms with Gasteiger partial charge in [-0.3, -0.25) is 5.32 Å². The molecule has 1 aliphatic heterocycles. The van der Waals surface area contributed by atoms with Crippen LogP contribution in [0.4, 0.5) is 4.79 Å². The molecule has 1 N–H and O–H groups in total. The summed E-state index contributed by atoms with van der Waals surface area (Å²) in [6.07, 6.45) is 4.13. The Morgan fingerprint density at radius 1 is 1.25 bits per heavy atom. The predicted octanol–water partition coefficient (Wildman–Crippen LogP) is 3.04. The molecule has 1 spiro atoms. The van der Waals surface area contributed by atoms with Crippen molar-refractivity contribution >= 4 is 12.1 Å². The maximum atomic E-state index is 12.0. The third-order valence-corrected chi connectivity index (χ3v) is 3.71. The lowest BCUT2D eigenvalue weighted by molar-refractivity contribution is -0.149. The highest BCUT2D eigenvalue weighted by Crippen LogP contribution is 2.42. The molecule has 0 bridgehead atoms. The quantitative estimate of drug-likeness (QED) is 0.750. The Hall–Kier alpha value is -1.52. The maximum absolute atomic E-state index is 12.0. The number of hydrogen-bond donors (Lipinski definition) is 1. The van der Waals surface area contributed by atoms with Gasteiger partial charge in [0.2, 0.25) is 0 Å². The molecule has 0 atom stereocenters. The molecule has 1 heterocycles. The summed E-state index contributed by atoms with van der Waals surface area (Å²) >= 11 is 0. The van der Waals surface area contributed by atoms with Gasteiger partial charge >= 0.3 is 12.1 Å². The zero-order valence-electron chi connectivity index (χ0n) is 12.7. The molecule has 5 nitrogen and oxygen atoms in total. The van der Waals surface area contributed by atoms with E-state index >= 15 is 0 Å². The van der Waals surface area contributed by atoms with E-state index in [0.717, 1.165) is 32.1 Å². The van der Waals surface area contributed by atoms with Crippen LogP contribution < -0.4 is 5.32 Å². The monoisotopic (exact) mass is 281 g/mol. The first-order valence-corrected chi connectivity index (χ1v) is 7.18. The second-order valence-corrected chi connectivity index (χ2v) is 6.57. The Morgan fingerprint density at radius 2 is 1.85 bits per heavy atom. The van der Waals surface area contributed by atoms with Crippen molar-refractivity contribution in [3.05, 3.63) is 11.3 Å². The number of carbonyl (C=O) groups is 2. The lowest BCUT2D eigenvalue weighted by atomic mass is 9.82.